The molecule has 5 heteroatoms. The van der Waals surface area contributed by atoms with E-state index in [0.717, 1.165) is 0 Å². The number of benzene rings is 2. The summed E-state index contributed by atoms with van der Waals surface area (Å²) >= 11 is 0. The van der Waals surface area contributed by atoms with Gasteiger partial charge in [0.1, 0.15) is 6.10 Å². The van der Waals surface area contributed by atoms with Crippen molar-refractivity contribution >= 4 is 11.6 Å². The Kier molecular flexibility index (Phi) is 5.19. The lowest BCUT2D eigenvalue weighted by Crippen LogP contribution is -2.21. The fourth-order valence-electron chi connectivity index (χ4n) is 2.96. The van der Waals surface area contributed by atoms with Gasteiger partial charge in [0.05, 0.1) is 13.2 Å². The van der Waals surface area contributed by atoms with Gasteiger partial charge < -0.3 is 14.6 Å². The van der Waals surface area contributed by atoms with Crippen LogP contribution in [0, 0.1) is 0 Å². The van der Waals surface area contributed by atoms with Crippen LogP contribution in [0.3, 0.4) is 0 Å². The van der Waals surface area contributed by atoms with E-state index < -0.39 is 6.10 Å². The number of allylic oxidation sites excluding steroid dienone is 1. The van der Waals surface area contributed by atoms with E-state index in [1.54, 1.807) is 42.5 Å². The molecule has 0 aromatic heterocycles. The van der Waals surface area contributed by atoms with Gasteiger partial charge in [-0.15, -0.1) is 0 Å². The highest BCUT2D eigenvalue weighted by Gasteiger charge is 2.30. The molecule has 134 valence electrons. The molecular formula is C21H20O5. The summed E-state index contributed by atoms with van der Waals surface area (Å²) in [6.45, 7) is 4.64. The van der Waals surface area contributed by atoms with E-state index in [1.165, 1.54) is 6.08 Å². The zero-order valence-corrected chi connectivity index (χ0v) is 14.7. The highest BCUT2D eigenvalue weighted by Crippen LogP contribution is 2.35. The average Bonchev–Trinajstić information content (AvgIpc) is 2.66. The zero-order valence-electron chi connectivity index (χ0n) is 14.7. The third-order valence-electron chi connectivity index (χ3n) is 4.16. The van der Waals surface area contributed by atoms with Crippen LogP contribution in [0.15, 0.2) is 54.1 Å². The second-order valence-electron chi connectivity index (χ2n) is 5.81. The summed E-state index contributed by atoms with van der Waals surface area (Å²) in [5.41, 5.74) is 1.18. The first-order chi connectivity index (χ1) is 12.6. The molecule has 1 N–H and O–H groups in total. The van der Waals surface area contributed by atoms with Crippen molar-refractivity contribution < 1.29 is 24.2 Å². The molecule has 0 saturated heterocycles. The molecule has 5 nitrogen and oxygen atoms in total. The fraction of sp³-hybridized carbons (Fsp3) is 0.238. The van der Waals surface area contributed by atoms with Gasteiger partial charge in [-0.05, 0) is 37.6 Å². The van der Waals surface area contributed by atoms with Crippen molar-refractivity contribution in [2.45, 2.75) is 20.0 Å². The summed E-state index contributed by atoms with van der Waals surface area (Å²) < 4.78 is 11.1. The number of aliphatic hydroxyl groups is 1. The lowest BCUT2D eigenvalue weighted by Gasteiger charge is -2.20. The molecule has 1 aliphatic rings. The van der Waals surface area contributed by atoms with Crippen molar-refractivity contribution in [3.63, 3.8) is 0 Å². The molecule has 0 fully saturated rings. The molecule has 0 saturated carbocycles. The predicted octanol–water partition coefficient (Wildman–Crippen LogP) is 3.52. The standard InChI is InChI=1S/C21H20O5/c1-3-25-18-10-9-13(11-19(18)26-4-2)20(23)16-12-17(22)14-7-5-6-8-15(14)21(16)24/h5-12,20,23H,3-4H2,1-2H3/t20-/m0/s1. The maximum Gasteiger partial charge on any atom is 0.192 e. The molecule has 0 amide bonds. The van der Waals surface area contributed by atoms with Crippen LogP contribution >= 0.6 is 0 Å². The number of ketones is 2. The van der Waals surface area contributed by atoms with Crippen LogP contribution in [0.2, 0.25) is 0 Å². The summed E-state index contributed by atoms with van der Waals surface area (Å²) in [5.74, 6) is 0.418. The number of fused-ring (bicyclic) bond motifs is 1. The number of rotatable bonds is 6. The van der Waals surface area contributed by atoms with E-state index in [-0.39, 0.29) is 17.1 Å². The highest BCUT2D eigenvalue weighted by atomic mass is 16.5. The molecular weight excluding hydrogens is 332 g/mol. The normalized spacial score (nSPS) is 14.5. The van der Waals surface area contributed by atoms with E-state index in [9.17, 15) is 14.7 Å². The molecule has 0 unspecified atom stereocenters. The number of carbonyl (C=O) groups excluding carboxylic acids is 2. The maximum absolute atomic E-state index is 12.7. The molecule has 0 radical (unpaired) electrons. The van der Waals surface area contributed by atoms with Crippen molar-refractivity contribution in [1.82, 2.24) is 0 Å². The molecule has 0 heterocycles. The van der Waals surface area contributed by atoms with Gasteiger partial charge in [-0.2, -0.15) is 0 Å². The first kappa shape index (κ1) is 17.9. The van der Waals surface area contributed by atoms with Crippen LogP contribution in [0.4, 0.5) is 0 Å². The van der Waals surface area contributed by atoms with E-state index in [0.29, 0.717) is 41.4 Å². The predicted molar refractivity (Wildman–Crippen MR) is 96.9 cm³/mol. The Hall–Kier alpha value is -2.92. The van der Waals surface area contributed by atoms with Crippen LogP contribution < -0.4 is 9.47 Å². The van der Waals surface area contributed by atoms with Gasteiger partial charge >= 0.3 is 0 Å². The summed E-state index contributed by atoms with van der Waals surface area (Å²) in [6.07, 6.45) is -0.0127. The van der Waals surface area contributed by atoms with E-state index in [2.05, 4.69) is 0 Å². The first-order valence-corrected chi connectivity index (χ1v) is 8.54. The van der Waals surface area contributed by atoms with Crippen molar-refractivity contribution in [2.24, 2.45) is 0 Å². The molecule has 0 bridgehead atoms. The van der Waals surface area contributed by atoms with E-state index in [1.807, 2.05) is 13.8 Å². The molecule has 1 aliphatic carbocycles. The lowest BCUT2D eigenvalue weighted by molar-refractivity contribution is 0.0946. The zero-order chi connectivity index (χ0) is 18.7. The minimum atomic E-state index is -1.23. The molecule has 2 aromatic rings. The summed E-state index contributed by atoms with van der Waals surface area (Å²) in [4.78, 5) is 25.0. The van der Waals surface area contributed by atoms with Crippen molar-refractivity contribution in [1.29, 1.82) is 0 Å². The minimum Gasteiger partial charge on any atom is -0.490 e. The highest BCUT2D eigenvalue weighted by molar-refractivity contribution is 6.24. The summed E-state index contributed by atoms with van der Waals surface area (Å²) in [6, 6.07) is 11.6. The average molecular weight is 352 g/mol. The minimum absolute atomic E-state index is 0.0558. The van der Waals surface area contributed by atoms with Gasteiger partial charge in [0.15, 0.2) is 23.1 Å². The molecule has 0 spiro atoms. The Morgan fingerprint density at radius 1 is 0.923 bits per heavy atom. The molecule has 3 rings (SSSR count). The topological polar surface area (TPSA) is 72.8 Å². The lowest BCUT2D eigenvalue weighted by atomic mass is 9.85. The van der Waals surface area contributed by atoms with Gasteiger partial charge in [0.25, 0.3) is 0 Å². The Labute approximate surface area is 151 Å². The second kappa shape index (κ2) is 7.54. The maximum atomic E-state index is 12.7. The van der Waals surface area contributed by atoms with Crippen LogP contribution in [0.25, 0.3) is 0 Å². The fourth-order valence-corrected chi connectivity index (χ4v) is 2.96. The van der Waals surface area contributed by atoms with Gasteiger partial charge in [0.2, 0.25) is 0 Å². The Morgan fingerprint density at radius 3 is 2.27 bits per heavy atom. The van der Waals surface area contributed by atoms with Crippen LogP contribution in [0.5, 0.6) is 11.5 Å². The third-order valence-corrected chi connectivity index (χ3v) is 4.16. The molecule has 26 heavy (non-hydrogen) atoms. The van der Waals surface area contributed by atoms with Crippen molar-refractivity contribution in [2.75, 3.05) is 13.2 Å². The molecule has 2 aromatic carbocycles. The quantitative estimate of drug-likeness (QED) is 0.861. The van der Waals surface area contributed by atoms with Gasteiger partial charge in [-0.25, -0.2) is 0 Å². The van der Waals surface area contributed by atoms with Crippen LogP contribution in [0.1, 0.15) is 46.2 Å². The Balaban J connectivity index is 1.97. The van der Waals surface area contributed by atoms with Gasteiger partial charge in [-0.3, -0.25) is 9.59 Å². The van der Waals surface area contributed by atoms with Crippen molar-refractivity contribution in [3.05, 3.63) is 70.8 Å². The Morgan fingerprint density at radius 2 is 1.58 bits per heavy atom. The number of ether oxygens (including phenoxy) is 2. The molecule has 0 aliphatic heterocycles. The summed E-state index contributed by atoms with van der Waals surface area (Å²) in [7, 11) is 0. The molecule has 1 atom stereocenters. The largest absolute Gasteiger partial charge is 0.490 e. The third kappa shape index (κ3) is 3.26. The number of hydrogen-bond donors (Lipinski definition) is 1. The van der Waals surface area contributed by atoms with Crippen LogP contribution in [-0.4, -0.2) is 29.9 Å². The van der Waals surface area contributed by atoms with Crippen molar-refractivity contribution in [3.8, 4) is 11.5 Å². The summed E-state index contributed by atoms with van der Waals surface area (Å²) in [5, 5.41) is 10.7. The van der Waals surface area contributed by atoms with Crippen LogP contribution in [-0.2, 0) is 0 Å². The first-order valence-electron chi connectivity index (χ1n) is 8.54. The monoisotopic (exact) mass is 352 g/mol. The Bertz CT molecular complexity index is 882. The number of Topliss-reactive ketones (excluding diaryl/α,β-unsaturated/α-hetero) is 1. The number of carbonyl (C=O) groups is 2. The second-order valence-corrected chi connectivity index (χ2v) is 5.81. The smallest absolute Gasteiger partial charge is 0.192 e. The van der Waals surface area contributed by atoms with E-state index >= 15 is 0 Å². The SMILES string of the molecule is CCOc1ccc([C@H](O)C2=CC(=O)c3ccccc3C2=O)cc1OCC. The van der Waals surface area contributed by atoms with Gasteiger partial charge in [0, 0.05) is 16.7 Å². The number of aliphatic hydroxyl groups excluding tert-OH is 1. The van der Waals surface area contributed by atoms with E-state index in [4.69, 9.17) is 9.47 Å². The van der Waals surface area contributed by atoms with Gasteiger partial charge in [-0.1, -0.05) is 30.3 Å². The number of hydrogen-bond acceptors (Lipinski definition) is 5.